The molecule has 1 atom stereocenters. The molecule has 1 N–H and O–H groups in total. The van der Waals surface area contributed by atoms with E-state index in [9.17, 15) is 4.79 Å². The standard InChI is InChI=1S/C8H14N2O/c1-7(11)6-8(2)9-4-5-10(8)3/h4-5,9H,6H2,1-3H3. The molecule has 0 saturated carbocycles. The van der Waals surface area contributed by atoms with E-state index >= 15 is 0 Å². The minimum atomic E-state index is -0.203. The van der Waals surface area contributed by atoms with Gasteiger partial charge in [0.2, 0.25) is 0 Å². The number of Topliss-reactive ketones (excluding diaryl/α,β-unsaturated/α-hetero) is 1. The SMILES string of the molecule is CC(=O)CC1(C)NC=CN1C. The van der Waals surface area contributed by atoms with Gasteiger partial charge in [-0.05, 0) is 13.8 Å². The van der Waals surface area contributed by atoms with Crippen molar-refractivity contribution in [3.63, 3.8) is 0 Å². The van der Waals surface area contributed by atoms with Crippen LogP contribution in [0.25, 0.3) is 0 Å². The Kier molecular flexibility index (Phi) is 1.89. The van der Waals surface area contributed by atoms with E-state index in [0.29, 0.717) is 6.42 Å². The Bertz CT molecular complexity index is 200. The van der Waals surface area contributed by atoms with Crippen molar-refractivity contribution in [3.05, 3.63) is 12.4 Å². The smallest absolute Gasteiger partial charge is 0.134 e. The topological polar surface area (TPSA) is 32.3 Å². The summed E-state index contributed by atoms with van der Waals surface area (Å²) < 4.78 is 0. The Hall–Kier alpha value is -0.990. The van der Waals surface area contributed by atoms with Crippen molar-refractivity contribution in [2.24, 2.45) is 0 Å². The summed E-state index contributed by atoms with van der Waals surface area (Å²) in [4.78, 5) is 12.9. The second-order valence-corrected chi connectivity index (χ2v) is 3.22. The highest BCUT2D eigenvalue weighted by Gasteiger charge is 2.30. The molecule has 0 spiro atoms. The van der Waals surface area contributed by atoms with Gasteiger partial charge in [0.25, 0.3) is 0 Å². The van der Waals surface area contributed by atoms with Crippen LogP contribution in [0.2, 0.25) is 0 Å². The predicted octanol–water partition coefficient (Wildman–Crippen LogP) is 0.688. The predicted molar refractivity (Wildman–Crippen MR) is 43.7 cm³/mol. The summed E-state index contributed by atoms with van der Waals surface area (Å²) in [5.74, 6) is 0.204. The largest absolute Gasteiger partial charge is 0.367 e. The monoisotopic (exact) mass is 154 g/mol. The molecule has 0 fully saturated rings. The van der Waals surface area contributed by atoms with Crippen LogP contribution < -0.4 is 5.32 Å². The average Bonchev–Trinajstić information content (AvgIpc) is 2.11. The Morgan fingerprint density at radius 3 is 2.73 bits per heavy atom. The maximum absolute atomic E-state index is 10.9. The van der Waals surface area contributed by atoms with Crippen molar-refractivity contribution >= 4 is 5.78 Å². The Morgan fingerprint density at radius 1 is 1.73 bits per heavy atom. The molecule has 3 heteroatoms. The van der Waals surface area contributed by atoms with Gasteiger partial charge in [0.15, 0.2) is 0 Å². The molecule has 0 aliphatic carbocycles. The zero-order valence-corrected chi connectivity index (χ0v) is 7.22. The van der Waals surface area contributed by atoms with Gasteiger partial charge in [-0.15, -0.1) is 0 Å². The molecule has 0 aromatic carbocycles. The number of carbonyl (C=O) groups is 1. The quantitative estimate of drug-likeness (QED) is 0.635. The number of carbonyl (C=O) groups excluding carboxylic acids is 1. The van der Waals surface area contributed by atoms with Crippen LogP contribution in [0.3, 0.4) is 0 Å². The second kappa shape index (κ2) is 2.57. The van der Waals surface area contributed by atoms with Crippen LogP contribution in [0.5, 0.6) is 0 Å². The highest BCUT2D eigenvalue weighted by molar-refractivity contribution is 5.76. The minimum absolute atomic E-state index is 0.203. The molecule has 1 aliphatic rings. The Morgan fingerprint density at radius 2 is 2.36 bits per heavy atom. The van der Waals surface area contributed by atoms with Gasteiger partial charge in [-0.1, -0.05) is 0 Å². The summed E-state index contributed by atoms with van der Waals surface area (Å²) >= 11 is 0. The van der Waals surface area contributed by atoms with Gasteiger partial charge in [-0.25, -0.2) is 0 Å². The van der Waals surface area contributed by atoms with E-state index in [1.165, 1.54) is 0 Å². The molecule has 62 valence electrons. The van der Waals surface area contributed by atoms with E-state index in [4.69, 9.17) is 0 Å². The maximum Gasteiger partial charge on any atom is 0.134 e. The summed E-state index contributed by atoms with van der Waals surface area (Å²) in [7, 11) is 1.96. The first-order chi connectivity index (χ1) is 5.04. The van der Waals surface area contributed by atoms with Crippen molar-refractivity contribution in [1.29, 1.82) is 0 Å². The lowest BCUT2D eigenvalue weighted by molar-refractivity contribution is -0.119. The summed E-state index contributed by atoms with van der Waals surface area (Å²) in [5, 5.41) is 3.14. The van der Waals surface area contributed by atoms with Crippen molar-refractivity contribution in [1.82, 2.24) is 10.2 Å². The van der Waals surface area contributed by atoms with Crippen molar-refractivity contribution in [2.75, 3.05) is 7.05 Å². The van der Waals surface area contributed by atoms with Crippen molar-refractivity contribution < 1.29 is 4.79 Å². The number of nitrogens with zero attached hydrogens (tertiary/aromatic N) is 1. The molecule has 0 bridgehead atoms. The number of ketones is 1. The lowest BCUT2D eigenvalue weighted by Crippen LogP contribution is -2.47. The fourth-order valence-corrected chi connectivity index (χ4v) is 1.26. The van der Waals surface area contributed by atoms with E-state index in [2.05, 4.69) is 5.32 Å². The van der Waals surface area contributed by atoms with E-state index < -0.39 is 0 Å². The summed E-state index contributed by atoms with van der Waals surface area (Å²) in [6.45, 7) is 3.62. The third-order valence-corrected chi connectivity index (χ3v) is 2.06. The normalized spacial score (nSPS) is 28.8. The maximum atomic E-state index is 10.9. The zero-order valence-electron chi connectivity index (χ0n) is 7.22. The molecule has 0 aromatic rings. The highest BCUT2D eigenvalue weighted by Crippen LogP contribution is 2.19. The summed E-state index contributed by atoms with van der Waals surface area (Å²) in [6.07, 6.45) is 4.34. The third kappa shape index (κ3) is 1.53. The average molecular weight is 154 g/mol. The van der Waals surface area contributed by atoms with Gasteiger partial charge in [-0.3, -0.25) is 4.79 Å². The molecule has 0 amide bonds. The number of rotatable bonds is 2. The van der Waals surface area contributed by atoms with Crippen LogP contribution in [0.4, 0.5) is 0 Å². The molecule has 0 radical (unpaired) electrons. The van der Waals surface area contributed by atoms with Crippen LogP contribution in [0.15, 0.2) is 12.4 Å². The lowest BCUT2D eigenvalue weighted by Gasteiger charge is -2.32. The molecule has 0 aromatic heterocycles. The van der Waals surface area contributed by atoms with Crippen molar-refractivity contribution in [2.45, 2.75) is 25.9 Å². The van der Waals surface area contributed by atoms with Crippen molar-refractivity contribution in [3.8, 4) is 0 Å². The van der Waals surface area contributed by atoms with E-state index in [1.54, 1.807) is 6.92 Å². The molecule has 11 heavy (non-hydrogen) atoms. The lowest BCUT2D eigenvalue weighted by atomic mass is 10.1. The molecular weight excluding hydrogens is 140 g/mol. The van der Waals surface area contributed by atoms with Gasteiger partial charge in [0, 0.05) is 25.9 Å². The van der Waals surface area contributed by atoms with Gasteiger partial charge in [-0.2, -0.15) is 0 Å². The first-order valence-corrected chi connectivity index (χ1v) is 3.71. The van der Waals surface area contributed by atoms with Gasteiger partial charge < -0.3 is 10.2 Å². The Labute approximate surface area is 67.1 Å². The zero-order chi connectivity index (χ0) is 8.48. The molecule has 1 rings (SSSR count). The molecular formula is C8H14N2O. The minimum Gasteiger partial charge on any atom is -0.367 e. The van der Waals surface area contributed by atoms with E-state index in [1.807, 2.05) is 31.3 Å². The van der Waals surface area contributed by atoms with Gasteiger partial charge >= 0.3 is 0 Å². The fourth-order valence-electron chi connectivity index (χ4n) is 1.26. The third-order valence-electron chi connectivity index (χ3n) is 2.06. The van der Waals surface area contributed by atoms with Crippen LogP contribution in [-0.4, -0.2) is 23.4 Å². The van der Waals surface area contributed by atoms with Crippen LogP contribution >= 0.6 is 0 Å². The van der Waals surface area contributed by atoms with Crippen LogP contribution in [0.1, 0.15) is 20.3 Å². The molecule has 0 saturated heterocycles. The van der Waals surface area contributed by atoms with Crippen LogP contribution in [0, 0.1) is 0 Å². The summed E-state index contributed by atoms with van der Waals surface area (Å²) in [6, 6.07) is 0. The molecule has 1 aliphatic heterocycles. The highest BCUT2D eigenvalue weighted by atomic mass is 16.1. The molecule has 1 heterocycles. The number of hydrogen-bond acceptors (Lipinski definition) is 3. The first kappa shape index (κ1) is 8.11. The first-order valence-electron chi connectivity index (χ1n) is 3.71. The molecule has 1 unspecified atom stereocenters. The summed E-state index contributed by atoms with van der Waals surface area (Å²) in [5.41, 5.74) is -0.203. The van der Waals surface area contributed by atoms with Gasteiger partial charge in [0.1, 0.15) is 11.4 Å². The van der Waals surface area contributed by atoms with Crippen LogP contribution in [-0.2, 0) is 4.79 Å². The van der Waals surface area contributed by atoms with Gasteiger partial charge in [0.05, 0.1) is 0 Å². The Balaban J connectivity index is 2.61. The number of hydrogen-bond donors (Lipinski definition) is 1. The van der Waals surface area contributed by atoms with E-state index in [-0.39, 0.29) is 11.4 Å². The van der Waals surface area contributed by atoms with E-state index in [0.717, 1.165) is 0 Å². The number of nitrogens with one attached hydrogen (secondary N) is 1. The fraction of sp³-hybridized carbons (Fsp3) is 0.625. The second-order valence-electron chi connectivity index (χ2n) is 3.22. The molecule has 3 nitrogen and oxygen atoms in total.